The Hall–Kier alpha value is -1.09. The second-order valence-electron chi connectivity index (χ2n) is 4.90. The number of hydrogen-bond donors (Lipinski definition) is 1. The van der Waals surface area contributed by atoms with Crippen LogP contribution in [0, 0.1) is 19.8 Å². The number of benzene rings is 1. The van der Waals surface area contributed by atoms with E-state index < -0.39 is 0 Å². The van der Waals surface area contributed by atoms with Crippen LogP contribution in [0.5, 0.6) is 5.75 Å². The molecule has 1 rings (SSSR count). The molecule has 0 heterocycles. The molecule has 0 saturated carbocycles. The summed E-state index contributed by atoms with van der Waals surface area (Å²) in [6, 6.07) is 4.31. The summed E-state index contributed by atoms with van der Waals surface area (Å²) >= 11 is 5.03. The van der Waals surface area contributed by atoms with Gasteiger partial charge in [0.2, 0.25) is 0 Å². The van der Waals surface area contributed by atoms with Crippen LogP contribution in [-0.2, 0) is 6.42 Å². The molecule has 0 aliphatic heterocycles. The third-order valence-corrected chi connectivity index (χ3v) is 3.51. The van der Waals surface area contributed by atoms with Crippen molar-refractivity contribution in [2.45, 2.75) is 40.5 Å². The second-order valence-corrected chi connectivity index (χ2v) is 5.37. The van der Waals surface area contributed by atoms with E-state index in [1.54, 1.807) is 0 Å². The topological polar surface area (TPSA) is 35.2 Å². The van der Waals surface area contributed by atoms with Gasteiger partial charge in [0.15, 0.2) is 0 Å². The minimum atomic E-state index is 0.237. The Kier molecular flexibility index (Phi) is 5.60. The molecule has 0 aromatic heterocycles. The standard InChI is InChI=1S/C15H23NOS/c1-5-6-17-14-9-10(2)13(7-11(14)3)8-12(4)15(16)18/h7,9,12H,5-6,8H2,1-4H3,(H2,16,18). The fraction of sp³-hybridized carbons (Fsp3) is 0.533. The number of nitrogens with two attached hydrogens (primary N) is 1. The van der Waals surface area contributed by atoms with Crippen molar-refractivity contribution in [3.05, 3.63) is 28.8 Å². The Morgan fingerprint density at radius 1 is 1.33 bits per heavy atom. The maximum absolute atomic E-state index is 5.72. The van der Waals surface area contributed by atoms with E-state index in [4.69, 9.17) is 22.7 Å². The highest BCUT2D eigenvalue weighted by Crippen LogP contribution is 2.25. The molecule has 0 aliphatic carbocycles. The summed E-state index contributed by atoms with van der Waals surface area (Å²) in [6.45, 7) is 9.14. The van der Waals surface area contributed by atoms with E-state index in [2.05, 4.69) is 39.8 Å². The van der Waals surface area contributed by atoms with Gasteiger partial charge in [-0.05, 0) is 49.4 Å². The Bertz CT molecular complexity index is 429. The van der Waals surface area contributed by atoms with Gasteiger partial charge in [0, 0.05) is 5.92 Å². The summed E-state index contributed by atoms with van der Waals surface area (Å²) in [6.07, 6.45) is 1.93. The second kappa shape index (κ2) is 6.74. The van der Waals surface area contributed by atoms with Crippen molar-refractivity contribution in [2.75, 3.05) is 6.61 Å². The predicted octanol–water partition coefficient (Wildman–Crippen LogP) is 3.56. The number of hydrogen-bond acceptors (Lipinski definition) is 2. The first-order chi connectivity index (χ1) is 8.45. The highest BCUT2D eigenvalue weighted by Gasteiger charge is 2.11. The van der Waals surface area contributed by atoms with Gasteiger partial charge in [-0.3, -0.25) is 0 Å². The van der Waals surface area contributed by atoms with Crippen LogP contribution in [-0.4, -0.2) is 11.6 Å². The van der Waals surface area contributed by atoms with Crippen molar-refractivity contribution >= 4 is 17.2 Å². The predicted molar refractivity (Wildman–Crippen MR) is 81.4 cm³/mol. The molecule has 1 aromatic rings. The van der Waals surface area contributed by atoms with Gasteiger partial charge < -0.3 is 10.5 Å². The summed E-state index contributed by atoms with van der Waals surface area (Å²) < 4.78 is 5.72. The lowest BCUT2D eigenvalue weighted by Crippen LogP contribution is -2.20. The Morgan fingerprint density at radius 2 is 2.00 bits per heavy atom. The van der Waals surface area contributed by atoms with Gasteiger partial charge >= 0.3 is 0 Å². The third kappa shape index (κ3) is 3.98. The van der Waals surface area contributed by atoms with Gasteiger partial charge in [-0.25, -0.2) is 0 Å². The molecule has 0 bridgehead atoms. The molecule has 0 fully saturated rings. The molecule has 2 nitrogen and oxygen atoms in total. The van der Waals surface area contributed by atoms with Gasteiger partial charge in [0.1, 0.15) is 5.75 Å². The Balaban J connectivity index is 2.89. The first-order valence-corrected chi connectivity index (χ1v) is 6.88. The van der Waals surface area contributed by atoms with Crippen LogP contribution in [0.15, 0.2) is 12.1 Å². The molecule has 2 N–H and O–H groups in total. The third-order valence-electron chi connectivity index (χ3n) is 3.11. The average Bonchev–Trinajstić information content (AvgIpc) is 2.31. The van der Waals surface area contributed by atoms with Crippen LogP contribution in [0.25, 0.3) is 0 Å². The molecule has 0 spiro atoms. The van der Waals surface area contributed by atoms with E-state index >= 15 is 0 Å². The van der Waals surface area contributed by atoms with E-state index in [1.165, 1.54) is 16.7 Å². The molecule has 1 aromatic carbocycles. The molecular formula is C15H23NOS. The van der Waals surface area contributed by atoms with Crippen molar-refractivity contribution in [3.8, 4) is 5.75 Å². The zero-order valence-electron chi connectivity index (χ0n) is 11.7. The van der Waals surface area contributed by atoms with Crippen LogP contribution in [0.2, 0.25) is 0 Å². The number of aryl methyl sites for hydroxylation is 2. The van der Waals surface area contributed by atoms with E-state index in [-0.39, 0.29) is 5.92 Å². The smallest absolute Gasteiger partial charge is 0.122 e. The molecule has 100 valence electrons. The van der Waals surface area contributed by atoms with Crippen molar-refractivity contribution in [2.24, 2.45) is 11.7 Å². The number of ether oxygens (including phenoxy) is 1. The lowest BCUT2D eigenvalue weighted by molar-refractivity contribution is 0.315. The first kappa shape index (κ1) is 15.0. The minimum absolute atomic E-state index is 0.237. The van der Waals surface area contributed by atoms with Crippen molar-refractivity contribution in [3.63, 3.8) is 0 Å². The number of rotatable bonds is 6. The van der Waals surface area contributed by atoms with E-state index in [0.717, 1.165) is 25.2 Å². The lowest BCUT2D eigenvalue weighted by Gasteiger charge is -2.15. The molecule has 0 saturated heterocycles. The molecule has 1 unspecified atom stereocenters. The van der Waals surface area contributed by atoms with Crippen LogP contribution < -0.4 is 10.5 Å². The molecule has 0 radical (unpaired) electrons. The largest absolute Gasteiger partial charge is 0.493 e. The summed E-state index contributed by atoms with van der Waals surface area (Å²) in [4.78, 5) is 0.582. The van der Waals surface area contributed by atoms with E-state index in [9.17, 15) is 0 Å². The molecule has 1 atom stereocenters. The maximum atomic E-state index is 5.72. The summed E-state index contributed by atoms with van der Waals surface area (Å²) in [5.74, 6) is 1.22. The monoisotopic (exact) mass is 265 g/mol. The molecule has 0 aliphatic rings. The van der Waals surface area contributed by atoms with E-state index in [1.807, 2.05) is 0 Å². The number of thiocarbonyl (C=S) groups is 1. The Labute approximate surface area is 116 Å². The van der Waals surface area contributed by atoms with Crippen molar-refractivity contribution < 1.29 is 4.74 Å². The van der Waals surface area contributed by atoms with Crippen LogP contribution in [0.1, 0.15) is 37.0 Å². The van der Waals surface area contributed by atoms with Gasteiger partial charge in [-0.2, -0.15) is 0 Å². The molecular weight excluding hydrogens is 242 g/mol. The highest BCUT2D eigenvalue weighted by atomic mass is 32.1. The van der Waals surface area contributed by atoms with Crippen molar-refractivity contribution in [1.29, 1.82) is 0 Å². The summed E-state index contributed by atoms with van der Waals surface area (Å²) in [7, 11) is 0. The lowest BCUT2D eigenvalue weighted by atomic mass is 9.95. The zero-order valence-corrected chi connectivity index (χ0v) is 12.6. The fourth-order valence-electron chi connectivity index (χ4n) is 1.87. The zero-order chi connectivity index (χ0) is 13.7. The Morgan fingerprint density at radius 3 is 2.56 bits per heavy atom. The SMILES string of the molecule is CCCOc1cc(C)c(CC(C)C(N)=S)cc1C. The molecule has 18 heavy (non-hydrogen) atoms. The summed E-state index contributed by atoms with van der Waals surface area (Å²) in [5, 5.41) is 0. The quantitative estimate of drug-likeness (QED) is 0.799. The van der Waals surface area contributed by atoms with Crippen LogP contribution in [0.3, 0.4) is 0 Å². The minimum Gasteiger partial charge on any atom is -0.493 e. The molecule has 3 heteroatoms. The maximum Gasteiger partial charge on any atom is 0.122 e. The van der Waals surface area contributed by atoms with Crippen LogP contribution >= 0.6 is 12.2 Å². The van der Waals surface area contributed by atoms with Gasteiger partial charge in [-0.1, -0.05) is 32.1 Å². The first-order valence-electron chi connectivity index (χ1n) is 6.48. The fourth-order valence-corrected chi connectivity index (χ4v) is 1.95. The normalized spacial score (nSPS) is 12.2. The van der Waals surface area contributed by atoms with Gasteiger partial charge in [0.25, 0.3) is 0 Å². The summed E-state index contributed by atoms with van der Waals surface area (Å²) in [5.41, 5.74) is 9.40. The van der Waals surface area contributed by atoms with E-state index in [0.29, 0.717) is 4.99 Å². The van der Waals surface area contributed by atoms with Gasteiger partial charge in [0.05, 0.1) is 11.6 Å². The highest BCUT2D eigenvalue weighted by molar-refractivity contribution is 7.80. The van der Waals surface area contributed by atoms with Crippen LogP contribution in [0.4, 0.5) is 0 Å². The molecule has 0 amide bonds. The van der Waals surface area contributed by atoms with Crippen molar-refractivity contribution in [1.82, 2.24) is 0 Å². The van der Waals surface area contributed by atoms with Gasteiger partial charge in [-0.15, -0.1) is 0 Å². The average molecular weight is 265 g/mol.